The van der Waals surface area contributed by atoms with Crippen molar-refractivity contribution >= 4 is 11.8 Å². The van der Waals surface area contributed by atoms with Crippen LogP contribution in [0.1, 0.15) is 12.5 Å². The molecule has 2 aromatic carbocycles. The highest BCUT2D eigenvalue weighted by atomic mass is 32.2. The smallest absolute Gasteiger partial charge is 0.159 e. The van der Waals surface area contributed by atoms with Gasteiger partial charge in [0, 0.05) is 16.7 Å². The lowest BCUT2D eigenvalue weighted by Crippen LogP contribution is -2.33. The van der Waals surface area contributed by atoms with E-state index in [9.17, 15) is 8.78 Å². The van der Waals surface area contributed by atoms with Gasteiger partial charge in [0.2, 0.25) is 0 Å². The molecule has 2 rings (SSSR count). The van der Waals surface area contributed by atoms with E-state index in [1.807, 2.05) is 25.1 Å². The number of hydrogen-bond acceptors (Lipinski definition) is 2. The summed E-state index contributed by atoms with van der Waals surface area (Å²) in [6.07, 6.45) is 0.685. The lowest BCUT2D eigenvalue weighted by molar-refractivity contribution is 0.504. The van der Waals surface area contributed by atoms with Gasteiger partial charge in [0.1, 0.15) is 0 Å². The van der Waals surface area contributed by atoms with Crippen LogP contribution in [0, 0.1) is 11.6 Å². The van der Waals surface area contributed by atoms with E-state index in [-0.39, 0.29) is 6.04 Å². The Morgan fingerprint density at radius 2 is 1.81 bits per heavy atom. The van der Waals surface area contributed by atoms with Crippen LogP contribution in [0.15, 0.2) is 53.4 Å². The Hall–Kier alpha value is -1.39. The summed E-state index contributed by atoms with van der Waals surface area (Å²) < 4.78 is 26.2. The van der Waals surface area contributed by atoms with Crippen LogP contribution in [0.2, 0.25) is 0 Å². The molecule has 112 valence electrons. The third-order valence-corrected chi connectivity index (χ3v) is 4.33. The molecule has 0 bridgehead atoms. The number of thioether (sulfide) groups is 1. The second-order valence-electron chi connectivity index (χ2n) is 4.83. The van der Waals surface area contributed by atoms with E-state index in [0.29, 0.717) is 6.42 Å². The van der Waals surface area contributed by atoms with E-state index in [4.69, 9.17) is 0 Å². The Morgan fingerprint density at radius 3 is 2.48 bits per heavy atom. The zero-order chi connectivity index (χ0) is 15.1. The summed E-state index contributed by atoms with van der Waals surface area (Å²) in [5, 5.41) is 3.40. The fourth-order valence-corrected chi connectivity index (χ4v) is 3.12. The van der Waals surface area contributed by atoms with E-state index >= 15 is 0 Å². The summed E-state index contributed by atoms with van der Waals surface area (Å²) in [5.41, 5.74) is 0.813. The summed E-state index contributed by atoms with van der Waals surface area (Å²) in [7, 11) is 0. The van der Waals surface area contributed by atoms with Crippen molar-refractivity contribution < 1.29 is 8.78 Å². The minimum atomic E-state index is -0.794. The Bertz CT molecular complexity index is 560. The first kappa shape index (κ1) is 16.0. The molecule has 21 heavy (non-hydrogen) atoms. The lowest BCUT2D eigenvalue weighted by atomic mass is 10.1. The molecule has 4 heteroatoms. The predicted octanol–water partition coefficient (Wildman–Crippen LogP) is 4.28. The number of rotatable bonds is 7. The zero-order valence-electron chi connectivity index (χ0n) is 12.0. The first-order valence-electron chi connectivity index (χ1n) is 7.04. The van der Waals surface area contributed by atoms with Crippen LogP contribution in [0.25, 0.3) is 0 Å². The minimum Gasteiger partial charge on any atom is -0.313 e. The maximum absolute atomic E-state index is 13.3. The summed E-state index contributed by atoms with van der Waals surface area (Å²) in [4.78, 5) is 1.21. The van der Waals surface area contributed by atoms with Crippen LogP contribution in [0.5, 0.6) is 0 Å². The second kappa shape index (κ2) is 8.15. The van der Waals surface area contributed by atoms with Crippen molar-refractivity contribution in [3.63, 3.8) is 0 Å². The summed E-state index contributed by atoms with van der Waals surface area (Å²) in [6, 6.07) is 14.5. The molecule has 0 fully saturated rings. The number of hydrogen-bond donors (Lipinski definition) is 1. The summed E-state index contributed by atoms with van der Waals surface area (Å²) in [6.45, 7) is 2.90. The molecule has 2 aromatic rings. The molecule has 0 aromatic heterocycles. The molecule has 0 aliphatic carbocycles. The highest BCUT2D eigenvalue weighted by Crippen LogP contribution is 2.19. The van der Waals surface area contributed by atoms with Gasteiger partial charge in [-0.1, -0.05) is 31.2 Å². The fraction of sp³-hybridized carbons (Fsp3) is 0.294. The molecule has 0 radical (unpaired) electrons. The molecule has 1 atom stereocenters. The number of likely N-dealkylation sites (N-methyl/N-ethyl adjacent to an activating group) is 1. The van der Waals surface area contributed by atoms with Crippen LogP contribution < -0.4 is 5.32 Å². The van der Waals surface area contributed by atoms with E-state index in [2.05, 4.69) is 17.4 Å². The molecule has 1 unspecified atom stereocenters. The van der Waals surface area contributed by atoms with Crippen LogP contribution in [0.4, 0.5) is 8.78 Å². The Morgan fingerprint density at radius 1 is 1.05 bits per heavy atom. The molecule has 0 amide bonds. The summed E-state index contributed by atoms with van der Waals surface area (Å²) >= 11 is 1.76. The van der Waals surface area contributed by atoms with E-state index < -0.39 is 11.6 Å². The third-order valence-electron chi connectivity index (χ3n) is 3.15. The van der Waals surface area contributed by atoms with Crippen LogP contribution >= 0.6 is 11.8 Å². The Labute approximate surface area is 128 Å². The summed E-state index contributed by atoms with van der Waals surface area (Å²) in [5.74, 6) is -0.688. The highest BCUT2D eigenvalue weighted by molar-refractivity contribution is 7.99. The van der Waals surface area contributed by atoms with Crippen LogP contribution in [-0.2, 0) is 6.42 Å². The van der Waals surface area contributed by atoms with Crippen molar-refractivity contribution in [2.75, 3.05) is 12.3 Å². The fourth-order valence-electron chi connectivity index (χ4n) is 2.14. The average Bonchev–Trinajstić information content (AvgIpc) is 2.50. The first-order valence-corrected chi connectivity index (χ1v) is 8.02. The van der Waals surface area contributed by atoms with Crippen molar-refractivity contribution in [2.45, 2.75) is 24.3 Å². The molecule has 1 nitrogen and oxygen atoms in total. The van der Waals surface area contributed by atoms with Crippen molar-refractivity contribution in [1.82, 2.24) is 5.32 Å². The lowest BCUT2D eigenvalue weighted by Gasteiger charge is -2.17. The monoisotopic (exact) mass is 307 g/mol. The molecule has 0 saturated heterocycles. The van der Waals surface area contributed by atoms with Gasteiger partial charge < -0.3 is 5.32 Å². The molecule has 0 aliphatic heterocycles. The molecular formula is C17H19F2NS. The normalized spacial score (nSPS) is 12.3. The van der Waals surface area contributed by atoms with Crippen molar-refractivity contribution in [3.05, 3.63) is 65.7 Å². The number of nitrogens with one attached hydrogen (secondary N) is 1. The van der Waals surface area contributed by atoms with Crippen LogP contribution in [0.3, 0.4) is 0 Å². The van der Waals surface area contributed by atoms with Gasteiger partial charge in [-0.25, -0.2) is 8.78 Å². The van der Waals surface area contributed by atoms with Gasteiger partial charge in [0.05, 0.1) is 0 Å². The molecule has 0 saturated carbocycles. The highest BCUT2D eigenvalue weighted by Gasteiger charge is 2.11. The van der Waals surface area contributed by atoms with Crippen molar-refractivity contribution in [1.29, 1.82) is 0 Å². The van der Waals surface area contributed by atoms with Crippen molar-refractivity contribution in [3.8, 4) is 0 Å². The number of benzene rings is 2. The maximum Gasteiger partial charge on any atom is 0.159 e. The molecule has 0 aliphatic rings. The van der Waals surface area contributed by atoms with Crippen molar-refractivity contribution in [2.24, 2.45) is 0 Å². The van der Waals surface area contributed by atoms with Gasteiger partial charge >= 0.3 is 0 Å². The van der Waals surface area contributed by atoms with Gasteiger partial charge in [-0.3, -0.25) is 0 Å². The van der Waals surface area contributed by atoms with Gasteiger partial charge in [-0.2, -0.15) is 0 Å². The largest absolute Gasteiger partial charge is 0.313 e. The van der Waals surface area contributed by atoms with Crippen LogP contribution in [-0.4, -0.2) is 18.3 Å². The standard InChI is InChI=1S/C17H19F2NS/c1-2-20-14(12-21-15-6-4-3-5-7-15)10-13-8-9-16(18)17(19)11-13/h3-9,11,14,20H,2,10,12H2,1H3. The van der Waals surface area contributed by atoms with Gasteiger partial charge in [-0.15, -0.1) is 11.8 Å². The molecule has 0 spiro atoms. The quantitative estimate of drug-likeness (QED) is 0.766. The molecule has 1 N–H and O–H groups in total. The minimum absolute atomic E-state index is 0.227. The number of halogens is 2. The average molecular weight is 307 g/mol. The second-order valence-corrected chi connectivity index (χ2v) is 5.92. The topological polar surface area (TPSA) is 12.0 Å². The third kappa shape index (κ3) is 5.14. The predicted molar refractivity (Wildman–Crippen MR) is 84.7 cm³/mol. The Kier molecular flexibility index (Phi) is 6.21. The van der Waals surface area contributed by atoms with Gasteiger partial charge in [0.15, 0.2) is 11.6 Å². The van der Waals surface area contributed by atoms with E-state index in [1.165, 1.54) is 17.0 Å². The molecular weight excluding hydrogens is 288 g/mol. The SMILES string of the molecule is CCNC(CSc1ccccc1)Cc1ccc(F)c(F)c1. The molecule has 0 heterocycles. The maximum atomic E-state index is 13.3. The zero-order valence-corrected chi connectivity index (χ0v) is 12.8. The first-order chi connectivity index (χ1) is 10.2. The van der Waals surface area contributed by atoms with E-state index in [0.717, 1.165) is 17.9 Å². The Balaban J connectivity index is 1.96. The van der Waals surface area contributed by atoms with Gasteiger partial charge in [0.25, 0.3) is 0 Å². The van der Waals surface area contributed by atoms with Gasteiger partial charge in [-0.05, 0) is 42.8 Å². The van der Waals surface area contributed by atoms with E-state index in [1.54, 1.807) is 17.8 Å².